The van der Waals surface area contributed by atoms with E-state index in [0.717, 1.165) is 42.6 Å². The molecule has 1 aliphatic carbocycles. The van der Waals surface area contributed by atoms with E-state index in [0.29, 0.717) is 12.8 Å². The van der Waals surface area contributed by atoms with Gasteiger partial charge in [0.1, 0.15) is 0 Å². The minimum Gasteiger partial charge on any atom is -0.343 e. The Morgan fingerprint density at radius 3 is 2.75 bits per heavy atom. The molecule has 1 aliphatic heterocycles. The highest BCUT2D eigenvalue weighted by atomic mass is 16.2. The largest absolute Gasteiger partial charge is 0.343 e. The zero-order chi connectivity index (χ0) is 14.1. The van der Waals surface area contributed by atoms with Crippen LogP contribution in [0.1, 0.15) is 59.5 Å². The fourth-order valence-electron chi connectivity index (χ4n) is 3.56. The smallest absolute Gasteiger partial charge is 0.223 e. The van der Waals surface area contributed by atoms with Gasteiger partial charge in [0.15, 0.2) is 5.78 Å². The standard InChI is InChI=1S/C17H21NO2/c1-12-6-5-7-14-15(19)10-13(17(12)14)11-16(20)18-8-3-2-4-9-18/h5-7,13H,2-4,8-11H2,1H3. The molecule has 3 rings (SSSR count). The molecule has 2 aliphatic rings. The van der Waals surface area contributed by atoms with Crippen molar-refractivity contribution in [3.8, 4) is 0 Å². The van der Waals surface area contributed by atoms with Gasteiger partial charge in [-0.3, -0.25) is 9.59 Å². The number of hydrogen-bond acceptors (Lipinski definition) is 2. The molecule has 106 valence electrons. The van der Waals surface area contributed by atoms with Gasteiger partial charge in [-0.15, -0.1) is 0 Å². The van der Waals surface area contributed by atoms with Crippen molar-refractivity contribution in [1.29, 1.82) is 0 Å². The van der Waals surface area contributed by atoms with Crippen LogP contribution in [0.25, 0.3) is 0 Å². The maximum atomic E-state index is 12.4. The van der Waals surface area contributed by atoms with Gasteiger partial charge in [0.05, 0.1) is 0 Å². The molecule has 3 nitrogen and oxygen atoms in total. The molecule has 1 heterocycles. The summed E-state index contributed by atoms with van der Waals surface area (Å²) in [5.74, 6) is 0.506. The maximum absolute atomic E-state index is 12.4. The van der Waals surface area contributed by atoms with Gasteiger partial charge in [-0.1, -0.05) is 18.2 Å². The second-order valence-corrected chi connectivity index (χ2v) is 6.01. The van der Waals surface area contributed by atoms with Crippen LogP contribution in [0, 0.1) is 6.92 Å². The number of fused-ring (bicyclic) bond motifs is 1. The minimum absolute atomic E-state index is 0.0909. The number of Topliss-reactive ketones (excluding diaryl/α,β-unsaturated/α-hetero) is 1. The fourth-order valence-corrected chi connectivity index (χ4v) is 3.56. The monoisotopic (exact) mass is 271 g/mol. The summed E-state index contributed by atoms with van der Waals surface area (Å²) in [5, 5.41) is 0. The second-order valence-electron chi connectivity index (χ2n) is 6.01. The van der Waals surface area contributed by atoms with Crippen molar-refractivity contribution in [2.75, 3.05) is 13.1 Å². The van der Waals surface area contributed by atoms with E-state index < -0.39 is 0 Å². The third kappa shape index (κ3) is 2.37. The van der Waals surface area contributed by atoms with E-state index in [1.165, 1.54) is 6.42 Å². The maximum Gasteiger partial charge on any atom is 0.223 e. The predicted molar refractivity (Wildman–Crippen MR) is 77.9 cm³/mol. The van der Waals surface area contributed by atoms with Crippen molar-refractivity contribution in [3.63, 3.8) is 0 Å². The van der Waals surface area contributed by atoms with Gasteiger partial charge < -0.3 is 4.90 Å². The van der Waals surface area contributed by atoms with Gasteiger partial charge in [-0.25, -0.2) is 0 Å². The molecule has 1 aromatic carbocycles. The van der Waals surface area contributed by atoms with Crippen LogP contribution in [0.2, 0.25) is 0 Å². The highest BCUT2D eigenvalue weighted by Crippen LogP contribution is 2.38. The summed E-state index contributed by atoms with van der Waals surface area (Å²) < 4.78 is 0. The number of hydrogen-bond donors (Lipinski definition) is 0. The molecule has 0 saturated carbocycles. The number of nitrogens with zero attached hydrogens (tertiary/aromatic N) is 1. The Hall–Kier alpha value is -1.64. The molecule has 1 fully saturated rings. The van der Waals surface area contributed by atoms with E-state index >= 15 is 0 Å². The molecule has 1 unspecified atom stereocenters. The molecule has 1 aromatic rings. The Morgan fingerprint density at radius 2 is 2.00 bits per heavy atom. The van der Waals surface area contributed by atoms with Crippen molar-refractivity contribution in [2.24, 2.45) is 0 Å². The van der Waals surface area contributed by atoms with E-state index in [9.17, 15) is 9.59 Å². The minimum atomic E-state index is 0.0909. The van der Waals surface area contributed by atoms with Crippen LogP contribution in [0.15, 0.2) is 18.2 Å². The van der Waals surface area contributed by atoms with Crippen LogP contribution in [0.4, 0.5) is 0 Å². The van der Waals surface area contributed by atoms with Gasteiger partial charge in [0, 0.05) is 37.4 Å². The fraction of sp³-hybridized carbons (Fsp3) is 0.529. The summed E-state index contributed by atoms with van der Waals surface area (Å²) in [7, 11) is 0. The molecule has 0 radical (unpaired) electrons. The van der Waals surface area contributed by atoms with Crippen molar-refractivity contribution >= 4 is 11.7 Å². The Morgan fingerprint density at radius 1 is 1.25 bits per heavy atom. The van der Waals surface area contributed by atoms with Gasteiger partial charge in [-0.05, 0) is 37.3 Å². The lowest BCUT2D eigenvalue weighted by Gasteiger charge is -2.28. The molecule has 1 amide bonds. The lowest BCUT2D eigenvalue weighted by Crippen LogP contribution is -2.36. The number of aryl methyl sites for hydroxylation is 1. The second kappa shape index (κ2) is 5.39. The highest BCUT2D eigenvalue weighted by Gasteiger charge is 2.33. The number of amides is 1. The summed E-state index contributed by atoms with van der Waals surface area (Å²) in [5.41, 5.74) is 3.09. The van der Waals surface area contributed by atoms with Crippen LogP contribution >= 0.6 is 0 Å². The van der Waals surface area contributed by atoms with E-state index in [1.807, 2.05) is 30.0 Å². The SMILES string of the molecule is Cc1cccc2c1C(CC(=O)N1CCCCC1)CC2=O. The van der Waals surface area contributed by atoms with Crippen LogP contribution in [0.3, 0.4) is 0 Å². The van der Waals surface area contributed by atoms with Crippen LogP contribution in [0.5, 0.6) is 0 Å². The molecule has 0 bridgehead atoms. The van der Waals surface area contributed by atoms with E-state index in [4.69, 9.17) is 0 Å². The number of piperidine rings is 1. The molecule has 0 aromatic heterocycles. The average molecular weight is 271 g/mol. The van der Waals surface area contributed by atoms with Crippen molar-refractivity contribution in [1.82, 2.24) is 4.90 Å². The van der Waals surface area contributed by atoms with Crippen LogP contribution in [-0.4, -0.2) is 29.7 Å². The number of benzene rings is 1. The van der Waals surface area contributed by atoms with Crippen molar-refractivity contribution < 1.29 is 9.59 Å². The van der Waals surface area contributed by atoms with Crippen LogP contribution in [-0.2, 0) is 4.79 Å². The van der Waals surface area contributed by atoms with Gasteiger partial charge in [-0.2, -0.15) is 0 Å². The van der Waals surface area contributed by atoms with Gasteiger partial charge in [0.2, 0.25) is 5.91 Å². The van der Waals surface area contributed by atoms with E-state index in [-0.39, 0.29) is 17.6 Å². The first-order chi connectivity index (χ1) is 9.66. The summed E-state index contributed by atoms with van der Waals surface area (Å²) in [4.78, 5) is 26.4. The molecular weight excluding hydrogens is 250 g/mol. The van der Waals surface area contributed by atoms with Crippen molar-refractivity contribution in [3.05, 3.63) is 34.9 Å². The lowest BCUT2D eigenvalue weighted by molar-refractivity contribution is -0.132. The zero-order valence-electron chi connectivity index (χ0n) is 12.0. The number of ketones is 1. The number of likely N-dealkylation sites (tertiary alicyclic amines) is 1. The number of carbonyl (C=O) groups excluding carboxylic acids is 2. The summed E-state index contributed by atoms with van der Waals surface area (Å²) in [6, 6.07) is 5.87. The molecule has 0 spiro atoms. The molecule has 1 atom stereocenters. The molecule has 3 heteroatoms. The predicted octanol–water partition coefficient (Wildman–Crippen LogP) is 3.07. The third-order valence-corrected chi connectivity index (χ3v) is 4.59. The first kappa shape index (κ1) is 13.3. The topological polar surface area (TPSA) is 37.4 Å². The number of rotatable bonds is 2. The zero-order valence-corrected chi connectivity index (χ0v) is 12.0. The molecule has 1 saturated heterocycles. The first-order valence-corrected chi connectivity index (χ1v) is 7.57. The van der Waals surface area contributed by atoms with E-state index in [2.05, 4.69) is 0 Å². The Balaban J connectivity index is 1.76. The normalized spacial score (nSPS) is 21.9. The van der Waals surface area contributed by atoms with Gasteiger partial charge in [0.25, 0.3) is 0 Å². The summed E-state index contributed by atoms with van der Waals surface area (Å²) in [6.45, 7) is 3.82. The molecule has 20 heavy (non-hydrogen) atoms. The Kier molecular flexibility index (Phi) is 3.60. The quantitative estimate of drug-likeness (QED) is 0.829. The van der Waals surface area contributed by atoms with Crippen LogP contribution < -0.4 is 0 Å². The average Bonchev–Trinajstić information content (AvgIpc) is 2.78. The molecular formula is C17H21NO2. The van der Waals surface area contributed by atoms with E-state index in [1.54, 1.807) is 0 Å². The third-order valence-electron chi connectivity index (χ3n) is 4.59. The lowest BCUT2D eigenvalue weighted by atomic mass is 9.93. The Labute approximate surface area is 120 Å². The highest BCUT2D eigenvalue weighted by molar-refractivity contribution is 6.02. The number of carbonyl (C=O) groups is 2. The van der Waals surface area contributed by atoms with Crippen molar-refractivity contribution in [2.45, 2.75) is 44.9 Å². The first-order valence-electron chi connectivity index (χ1n) is 7.57. The molecule has 0 N–H and O–H groups in total. The Bertz CT molecular complexity index is 544. The summed E-state index contributed by atoms with van der Waals surface area (Å²) >= 11 is 0. The van der Waals surface area contributed by atoms with Gasteiger partial charge >= 0.3 is 0 Å². The summed E-state index contributed by atoms with van der Waals surface area (Å²) in [6.07, 6.45) is 4.45.